The number of carbonyl (C=O) groups is 1. The highest BCUT2D eigenvalue weighted by Crippen LogP contribution is 2.43. The van der Waals surface area contributed by atoms with E-state index >= 15 is 0 Å². The molecule has 3 unspecified atom stereocenters. The molecular formula is C65H118N2O6P+. The summed E-state index contributed by atoms with van der Waals surface area (Å²) in [6.45, 7) is 4.69. The van der Waals surface area contributed by atoms with Crippen molar-refractivity contribution in [2.45, 2.75) is 270 Å². The Bertz CT molecular complexity index is 1520. The Hall–Kier alpha value is -2.58. The van der Waals surface area contributed by atoms with E-state index in [2.05, 4.69) is 104 Å². The van der Waals surface area contributed by atoms with E-state index in [1.165, 1.54) is 161 Å². The summed E-state index contributed by atoms with van der Waals surface area (Å²) in [4.78, 5) is 23.3. The van der Waals surface area contributed by atoms with Gasteiger partial charge in [-0.05, 0) is 83.5 Å². The third-order valence-electron chi connectivity index (χ3n) is 13.3. The number of unbranched alkanes of at least 4 members (excludes halogenated alkanes) is 28. The summed E-state index contributed by atoms with van der Waals surface area (Å²) in [6.07, 6.45) is 79.5. The molecule has 3 N–H and O–H groups in total. The van der Waals surface area contributed by atoms with Gasteiger partial charge in [-0.1, -0.05) is 265 Å². The number of phosphoric ester groups is 1. The summed E-state index contributed by atoms with van der Waals surface area (Å²) in [6, 6.07) is -0.868. The Morgan fingerprint density at radius 2 is 0.824 bits per heavy atom. The molecule has 0 aliphatic heterocycles. The van der Waals surface area contributed by atoms with Crippen LogP contribution in [0.3, 0.4) is 0 Å². The fourth-order valence-electron chi connectivity index (χ4n) is 8.53. The van der Waals surface area contributed by atoms with Crippen LogP contribution < -0.4 is 5.32 Å². The van der Waals surface area contributed by atoms with Crippen LogP contribution in [-0.4, -0.2) is 73.4 Å². The van der Waals surface area contributed by atoms with E-state index in [4.69, 9.17) is 9.05 Å². The van der Waals surface area contributed by atoms with E-state index in [1.54, 1.807) is 6.08 Å². The van der Waals surface area contributed by atoms with E-state index in [9.17, 15) is 19.4 Å². The van der Waals surface area contributed by atoms with Crippen molar-refractivity contribution in [3.8, 4) is 0 Å². The summed E-state index contributed by atoms with van der Waals surface area (Å²) in [7, 11) is 1.55. The second-order valence-corrected chi connectivity index (χ2v) is 23.1. The second kappa shape index (κ2) is 55.2. The van der Waals surface area contributed by atoms with E-state index < -0.39 is 20.0 Å². The molecule has 428 valence electrons. The Morgan fingerprint density at radius 3 is 1.24 bits per heavy atom. The Morgan fingerprint density at radius 1 is 0.473 bits per heavy atom. The highest BCUT2D eigenvalue weighted by molar-refractivity contribution is 7.47. The van der Waals surface area contributed by atoms with E-state index in [0.717, 1.165) is 77.0 Å². The molecule has 0 aromatic carbocycles. The molecule has 0 aromatic heterocycles. The lowest BCUT2D eigenvalue weighted by Gasteiger charge is -2.25. The summed E-state index contributed by atoms with van der Waals surface area (Å²) < 4.78 is 23.7. The molecule has 0 bridgehead atoms. The van der Waals surface area contributed by atoms with Gasteiger partial charge in [-0.2, -0.15) is 0 Å². The number of carbonyl (C=O) groups excluding carboxylic acids is 1. The van der Waals surface area contributed by atoms with Crippen LogP contribution in [0.4, 0.5) is 0 Å². The number of nitrogens with zero attached hydrogens (tertiary/aromatic N) is 1. The summed E-state index contributed by atoms with van der Waals surface area (Å²) in [5.74, 6) is -0.188. The highest BCUT2D eigenvalue weighted by Gasteiger charge is 2.27. The minimum atomic E-state index is -4.36. The van der Waals surface area contributed by atoms with Crippen molar-refractivity contribution in [2.24, 2.45) is 0 Å². The standard InChI is InChI=1S/C65H117N2O6P/c1-6-8-10-12-14-16-18-20-22-24-25-26-27-28-29-30-31-32-33-34-35-36-37-38-39-40-41-43-45-47-49-51-53-55-57-59-65(69)66-63(62-73-74(70,71)72-61-60-67(3,4)5)64(68)58-56-54-52-50-48-46-44-42-23-21-19-17-15-13-11-9-7-2/h8,10,14,16,20,22,25-26,28-29,31-32,48,50,56,58,63-64,68H,6-7,9,11-13,15,17-19,21,23-24,27,30,33-47,49,51-55,57,59-62H2,1-5H3,(H-,66,69,70,71)/p+1/b10-8-,16-14-,22-20-,26-25-,29-28-,32-31-,50-48+,58-56+. The number of phosphoric acid groups is 1. The molecule has 0 fully saturated rings. The van der Waals surface area contributed by atoms with Gasteiger partial charge in [0.25, 0.3) is 0 Å². The maximum atomic E-state index is 13.0. The number of rotatable bonds is 55. The minimum absolute atomic E-state index is 0.0536. The van der Waals surface area contributed by atoms with E-state index in [0.29, 0.717) is 17.4 Å². The van der Waals surface area contributed by atoms with Crippen molar-refractivity contribution in [1.29, 1.82) is 0 Å². The van der Waals surface area contributed by atoms with Gasteiger partial charge in [-0.15, -0.1) is 0 Å². The zero-order chi connectivity index (χ0) is 54.2. The zero-order valence-corrected chi connectivity index (χ0v) is 49.7. The van der Waals surface area contributed by atoms with E-state index in [-0.39, 0.29) is 19.1 Å². The van der Waals surface area contributed by atoms with Gasteiger partial charge < -0.3 is 19.8 Å². The Labute approximate surface area is 458 Å². The predicted octanol–water partition coefficient (Wildman–Crippen LogP) is 19.0. The van der Waals surface area contributed by atoms with Gasteiger partial charge in [0.15, 0.2) is 0 Å². The van der Waals surface area contributed by atoms with Crippen LogP contribution in [0, 0.1) is 0 Å². The molecule has 8 nitrogen and oxygen atoms in total. The fraction of sp³-hybridized carbons (Fsp3) is 0.738. The molecule has 0 saturated carbocycles. The number of allylic oxidation sites excluding steroid dienone is 15. The lowest BCUT2D eigenvalue weighted by atomic mass is 10.0. The Balaban J connectivity index is 4.10. The van der Waals surface area contributed by atoms with Gasteiger partial charge in [0.2, 0.25) is 5.91 Å². The predicted molar refractivity (Wildman–Crippen MR) is 322 cm³/mol. The molecule has 3 atom stereocenters. The van der Waals surface area contributed by atoms with Gasteiger partial charge in [-0.25, -0.2) is 4.57 Å². The smallest absolute Gasteiger partial charge is 0.387 e. The molecule has 0 aliphatic rings. The normalized spacial score (nSPS) is 14.5. The maximum absolute atomic E-state index is 13.0. The average Bonchev–Trinajstić information content (AvgIpc) is 3.36. The lowest BCUT2D eigenvalue weighted by molar-refractivity contribution is -0.870. The fourth-order valence-corrected chi connectivity index (χ4v) is 9.27. The van der Waals surface area contributed by atoms with Crippen LogP contribution in [0.2, 0.25) is 0 Å². The first kappa shape index (κ1) is 71.4. The van der Waals surface area contributed by atoms with Gasteiger partial charge in [0.05, 0.1) is 39.9 Å². The van der Waals surface area contributed by atoms with Crippen LogP contribution in [0.15, 0.2) is 97.2 Å². The summed E-state index contributed by atoms with van der Waals surface area (Å²) >= 11 is 0. The van der Waals surface area contributed by atoms with Crippen molar-refractivity contribution in [1.82, 2.24) is 5.32 Å². The van der Waals surface area contributed by atoms with Gasteiger partial charge in [-0.3, -0.25) is 13.8 Å². The van der Waals surface area contributed by atoms with Crippen molar-refractivity contribution in [2.75, 3.05) is 40.9 Å². The van der Waals surface area contributed by atoms with Crippen molar-refractivity contribution >= 4 is 13.7 Å². The van der Waals surface area contributed by atoms with Gasteiger partial charge in [0.1, 0.15) is 13.2 Å². The molecule has 0 heterocycles. The number of hydrogen-bond acceptors (Lipinski definition) is 5. The monoisotopic (exact) mass is 1050 g/mol. The quantitative estimate of drug-likeness (QED) is 0.0243. The molecule has 0 spiro atoms. The first-order valence-electron chi connectivity index (χ1n) is 30.6. The average molecular weight is 1050 g/mol. The zero-order valence-electron chi connectivity index (χ0n) is 48.8. The van der Waals surface area contributed by atoms with Gasteiger partial charge >= 0.3 is 7.82 Å². The maximum Gasteiger partial charge on any atom is 0.472 e. The molecule has 0 aliphatic carbocycles. The molecule has 0 saturated heterocycles. The third kappa shape index (κ3) is 57.1. The third-order valence-corrected chi connectivity index (χ3v) is 14.3. The molecule has 0 aromatic rings. The highest BCUT2D eigenvalue weighted by atomic mass is 31.2. The lowest BCUT2D eigenvalue weighted by Crippen LogP contribution is -2.45. The number of amides is 1. The van der Waals surface area contributed by atoms with Crippen LogP contribution >= 0.6 is 7.82 Å². The number of aliphatic hydroxyl groups excluding tert-OH is 1. The number of nitrogens with one attached hydrogen (secondary N) is 1. The number of likely N-dealkylation sites (N-methyl/N-ethyl adjacent to an activating group) is 1. The SMILES string of the molecule is CC/C=C\C/C=C\C/C=C\C/C=C\C/C=C\C/C=C\CCCCCCCCCCCCCCCCCCC(=O)NC(COP(=O)(O)OCC[N+](C)(C)C)C(O)/C=C/CC/C=C/CCCCCCCCCCCCC. The topological polar surface area (TPSA) is 105 Å². The summed E-state index contributed by atoms with van der Waals surface area (Å²) in [5.41, 5.74) is 0. The largest absolute Gasteiger partial charge is 0.472 e. The number of hydrogen-bond donors (Lipinski definition) is 3. The molecule has 9 heteroatoms. The van der Waals surface area contributed by atoms with Crippen LogP contribution in [0.5, 0.6) is 0 Å². The number of quaternary nitrogens is 1. The van der Waals surface area contributed by atoms with Crippen molar-refractivity contribution in [3.05, 3.63) is 97.2 Å². The van der Waals surface area contributed by atoms with Gasteiger partial charge in [0, 0.05) is 6.42 Å². The van der Waals surface area contributed by atoms with Crippen molar-refractivity contribution in [3.63, 3.8) is 0 Å². The van der Waals surface area contributed by atoms with Crippen LogP contribution in [0.1, 0.15) is 258 Å². The summed E-state index contributed by atoms with van der Waals surface area (Å²) in [5, 5.41) is 13.9. The number of aliphatic hydroxyl groups is 1. The minimum Gasteiger partial charge on any atom is -0.387 e. The molecule has 0 radical (unpaired) electrons. The molecule has 0 rings (SSSR count). The Kier molecular flexibility index (Phi) is 53.3. The van der Waals surface area contributed by atoms with Crippen LogP contribution in [-0.2, 0) is 18.4 Å². The van der Waals surface area contributed by atoms with Crippen LogP contribution in [0.25, 0.3) is 0 Å². The molecule has 74 heavy (non-hydrogen) atoms. The molecule has 1 amide bonds. The molecular weight excluding hydrogens is 936 g/mol. The van der Waals surface area contributed by atoms with E-state index in [1.807, 2.05) is 27.2 Å². The first-order chi connectivity index (χ1) is 36.0. The first-order valence-corrected chi connectivity index (χ1v) is 32.1. The second-order valence-electron chi connectivity index (χ2n) is 21.7. The van der Waals surface area contributed by atoms with Crippen molar-refractivity contribution < 1.29 is 32.9 Å².